The highest BCUT2D eigenvalue weighted by Crippen LogP contribution is 2.21. The molecule has 18 heavy (non-hydrogen) atoms. The van der Waals surface area contributed by atoms with Crippen molar-refractivity contribution in [3.63, 3.8) is 0 Å². The number of ether oxygens (including phenoxy) is 2. The average Bonchev–Trinajstić information content (AvgIpc) is 2.28. The van der Waals surface area contributed by atoms with Crippen LogP contribution in [0, 0.1) is 0 Å². The van der Waals surface area contributed by atoms with Gasteiger partial charge in [-0.3, -0.25) is 4.79 Å². The van der Waals surface area contributed by atoms with Gasteiger partial charge in [0.2, 0.25) is 0 Å². The Labute approximate surface area is 111 Å². The molecule has 0 radical (unpaired) electrons. The molecule has 1 atom stereocenters. The van der Waals surface area contributed by atoms with Crippen molar-refractivity contribution in [3.05, 3.63) is 29.8 Å². The monoisotopic (exact) mass is 270 g/mol. The highest BCUT2D eigenvalue weighted by atomic mass is 35.5. The van der Waals surface area contributed by atoms with Gasteiger partial charge in [-0.05, 0) is 18.6 Å². The second kappa shape index (κ2) is 7.01. The molecule has 0 aromatic heterocycles. The summed E-state index contributed by atoms with van der Waals surface area (Å²) in [6, 6.07) is 6.38. The molecule has 0 amide bonds. The van der Waals surface area contributed by atoms with Crippen molar-refractivity contribution in [1.82, 2.24) is 0 Å². The quantitative estimate of drug-likeness (QED) is 0.469. The lowest BCUT2D eigenvalue weighted by atomic mass is 10.2. The predicted molar refractivity (Wildman–Crippen MR) is 67.7 cm³/mol. The fourth-order valence-corrected chi connectivity index (χ4v) is 1.64. The van der Waals surface area contributed by atoms with Crippen molar-refractivity contribution in [2.45, 2.75) is 32.3 Å². The van der Waals surface area contributed by atoms with E-state index >= 15 is 0 Å². The van der Waals surface area contributed by atoms with Gasteiger partial charge < -0.3 is 9.47 Å². The number of halogens is 1. The Morgan fingerprint density at radius 2 is 2.00 bits per heavy atom. The molecule has 1 aromatic rings. The molecule has 1 aromatic carbocycles. The molecular weight excluding hydrogens is 256 g/mol. The summed E-state index contributed by atoms with van der Waals surface area (Å²) in [6.45, 7) is 3.21. The Morgan fingerprint density at radius 1 is 1.33 bits per heavy atom. The zero-order valence-electron chi connectivity index (χ0n) is 10.3. The highest BCUT2D eigenvalue weighted by Gasteiger charge is 2.17. The third kappa shape index (κ3) is 4.37. The van der Waals surface area contributed by atoms with Crippen LogP contribution in [0.4, 0.5) is 0 Å². The maximum absolute atomic E-state index is 11.8. The molecule has 98 valence electrons. The van der Waals surface area contributed by atoms with Crippen LogP contribution < -0.4 is 4.74 Å². The van der Waals surface area contributed by atoms with Crippen LogP contribution in [0.1, 0.15) is 37.0 Å². The fraction of sp³-hybridized carbons (Fsp3) is 0.385. The van der Waals surface area contributed by atoms with Crippen LogP contribution in [0.25, 0.3) is 0 Å². The first kappa shape index (κ1) is 14.5. The van der Waals surface area contributed by atoms with E-state index in [1.54, 1.807) is 12.1 Å². The van der Waals surface area contributed by atoms with E-state index in [2.05, 4.69) is 0 Å². The molecular formula is C13H15ClO4. The van der Waals surface area contributed by atoms with Gasteiger partial charge in [0.25, 0.3) is 0 Å². The smallest absolute Gasteiger partial charge is 0.343 e. The maximum atomic E-state index is 11.8. The molecule has 5 heteroatoms. The molecule has 0 heterocycles. The van der Waals surface area contributed by atoms with E-state index in [-0.39, 0.29) is 11.3 Å². The van der Waals surface area contributed by atoms with Crippen LogP contribution in [0.5, 0.6) is 5.75 Å². The minimum Gasteiger partial charge on any atom is -0.442 e. The van der Waals surface area contributed by atoms with E-state index in [4.69, 9.17) is 21.1 Å². The van der Waals surface area contributed by atoms with Crippen LogP contribution in [0.15, 0.2) is 24.3 Å². The van der Waals surface area contributed by atoms with E-state index in [1.807, 2.05) is 6.92 Å². The number of hydrogen-bond acceptors (Lipinski definition) is 4. The molecule has 0 saturated carbocycles. The first-order valence-corrected chi connectivity index (χ1v) is 6.10. The minimum atomic E-state index is -0.673. The van der Waals surface area contributed by atoms with Crippen molar-refractivity contribution < 1.29 is 19.1 Å². The summed E-state index contributed by atoms with van der Waals surface area (Å²) in [7, 11) is 0. The normalized spacial score (nSPS) is 11.7. The topological polar surface area (TPSA) is 52.6 Å². The lowest BCUT2D eigenvalue weighted by Crippen LogP contribution is -2.14. The van der Waals surface area contributed by atoms with Crippen LogP contribution in [-0.4, -0.2) is 17.5 Å². The third-order valence-corrected chi connectivity index (χ3v) is 2.42. The summed E-state index contributed by atoms with van der Waals surface area (Å²) in [5.41, 5.74) is -0.484. The number of carbonyl (C=O) groups excluding carboxylic acids is 2. The van der Waals surface area contributed by atoms with E-state index < -0.39 is 17.5 Å². The van der Waals surface area contributed by atoms with Gasteiger partial charge in [0.1, 0.15) is 11.3 Å². The molecule has 0 bridgehead atoms. The summed E-state index contributed by atoms with van der Waals surface area (Å²) in [6.07, 6.45) is 1.38. The van der Waals surface area contributed by atoms with Gasteiger partial charge >= 0.3 is 11.9 Å². The molecule has 0 spiro atoms. The molecule has 0 aliphatic heterocycles. The lowest BCUT2D eigenvalue weighted by molar-refractivity contribution is -0.131. The number of alkyl halides is 1. The largest absolute Gasteiger partial charge is 0.442 e. The van der Waals surface area contributed by atoms with Crippen molar-refractivity contribution in [2.75, 3.05) is 0 Å². The van der Waals surface area contributed by atoms with Crippen LogP contribution in [0.3, 0.4) is 0 Å². The minimum absolute atomic E-state index is 0.176. The van der Waals surface area contributed by atoms with Gasteiger partial charge in [0.05, 0.1) is 0 Å². The summed E-state index contributed by atoms with van der Waals surface area (Å²) < 4.78 is 9.96. The zero-order chi connectivity index (χ0) is 13.5. The average molecular weight is 271 g/mol. The van der Waals surface area contributed by atoms with Crippen LogP contribution in [0.2, 0.25) is 0 Å². The number of esters is 2. The Kier molecular flexibility index (Phi) is 5.65. The molecule has 0 aliphatic rings. The summed E-state index contributed by atoms with van der Waals surface area (Å²) in [5, 5.41) is 0. The maximum Gasteiger partial charge on any atom is 0.343 e. The number of hydrogen-bond donors (Lipinski definition) is 0. The SMILES string of the molecule is CCCC(Cl)OC(=O)c1ccccc1OC(C)=O. The van der Waals surface area contributed by atoms with E-state index in [0.717, 1.165) is 6.42 Å². The first-order chi connectivity index (χ1) is 8.54. The Balaban J connectivity index is 2.81. The first-order valence-electron chi connectivity index (χ1n) is 5.67. The molecule has 0 fully saturated rings. The second-order valence-electron chi connectivity index (χ2n) is 3.69. The Morgan fingerprint density at radius 3 is 2.61 bits per heavy atom. The molecule has 0 N–H and O–H groups in total. The van der Waals surface area contributed by atoms with E-state index in [9.17, 15) is 9.59 Å². The van der Waals surface area contributed by atoms with Gasteiger partial charge in [0, 0.05) is 6.92 Å². The number of carbonyl (C=O) groups is 2. The fourth-order valence-electron chi connectivity index (χ4n) is 1.34. The summed E-state index contributed by atoms with van der Waals surface area (Å²) >= 11 is 5.83. The summed E-state index contributed by atoms with van der Waals surface area (Å²) in [5.74, 6) is -0.915. The molecule has 1 unspecified atom stereocenters. The molecule has 4 nitrogen and oxygen atoms in total. The molecule has 0 aliphatic carbocycles. The van der Waals surface area contributed by atoms with Crippen molar-refractivity contribution >= 4 is 23.5 Å². The zero-order valence-corrected chi connectivity index (χ0v) is 11.1. The number of para-hydroxylation sites is 1. The van der Waals surface area contributed by atoms with Crippen molar-refractivity contribution in [3.8, 4) is 5.75 Å². The highest BCUT2D eigenvalue weighted by molar-refractivity contribution is 6.20. The number of rotatable bonds is 5. The summed E-state index contributed by atoms with van der Waals surface area (Å²) in [4.78, 5) is 22.7. The van der Waals surface area contributed by atoms with Gasteiger partial charge in [-0.15, -0.1) is 0 Å². The van der Waals surface area contributed by atoms with Crippen LogP contribution in [-0.2, 0) is 9.53 Å². The van der Waals surface area contributed by atoms with Crippen LogP contribution >= 0.6 is 11.6 Å². The molecule has 1 rings (SSSR count). The standard InChI is InChI=1S/C13H15ClO4/c1-3-6-12(14)18-13(16)10-7-4-5-8-11(10)17-9(2)15/h4-5,7-8,12H,3,6H2,1-2H3. The van der Waals surface area contributed by atoms with Gasteiger partial charge in [0.15, 0.2) is 5.56 Å². The Hall–Kier alpha value is -1.55. The van der Waals surface area contributed by atoms with Gasteiger partial charge in [-0.1, -0.05) is 37.1 Å². The van der Waals surface area contributed by atoms with E-state index in [0.29, 0.717) is 6.42 Å². The van der Waals surface area contributed by atoms with Crippen molar-refractivity contribution in [2.24, 2.45) is 0 Å². The Bertz CT molecular complexity index is 431. The third-order valence-electron chi connectivity index (χ3n) is 2.11. The van der Waals surface area contributed by atoms with Gasteiger partial charge in [-0.2, -0.15) is 0 Å². The number of benzene rings is 1. The van der Waals surface area contributed by atoms with Crippen molar-refractivity contribution in [1.29, 1.82) is 0 Å². The molecule has 0 saturated heterocycles. The predicted octanol–water partition coefficient (Wildman–Crippen LogP) is 3.13. The van der Waals surface area contributed by atoms with E-state index in [1.165, 1.54) is 19.1 Å². The van der Waals surface area contributed by atoms with Gasteiger partial charge in [-0.25, -0.2) is 4.79 Å². The lowest BCUT2D eigenvalue weighted by Gasteiger charge is -2.12. The second-order valence-corrected chi connectivity index (χ2v) is 4.18.